The van der Waals surface area contributed by atoms with Crippen molar-refractivity contribution in [1.29, 1.82) is 0 Å². The first-order valence-electron chi connectivity index (χ1n) is 14.1. The molecular formula is C40H27N. The number of benzene rings is 8. The number of nitrogens with zero attached hydrogens (tertiary/aromatic N) is 1. The highest BCUT2D eigenvalue weighted by atomic mass is 15.1. The van der Waals surface area contributed by atoms with Crippen LogP contribution in [0, 0.1) is 0 Å². The Kier molecular flexibility index (Phi) is 5.53. The maximum absolute atomic E-state index is 2.36. The Morgan fingerprint density at radius 1 is 0.317 bits per heavy atom. The summed E-state index contributed by atoms with van der Waals surface area (Å²) in [4.78, 5) is 2.33. The van der Waals surface area contributed by atoms with Crippen molar-refractivity contribution in [3.8, 4) is 11.1 Å². The van der Waals surface area contributed by atoms with Gasteiger partial charge in [-0.05, 0) is 96.7 Å². The smallest absolute Gasteiger partial charge is 0.0468 e. The predicted molar refractivity (Wildman–Crippen MR) is 177 cm³/mol. The Labute approximate surface area is 239 Å². The molecule has 0 saturated carbocycles. The van der Waals surface area contributed by atoms with Crippen LogP contribution < -0.4 is 4.90 Å². The van der Waals surface area contributed by atoms with Crippen molar-refractivity contribution in [2.75, 3.05) is 4.90 Å². The van der Waals surface area contributed by atoms with Crippen LogP contribution in [0.1, 0.15) is 0 Å². The van der Waals surface area contributed by atoms with E-state index in [-0.39, 0.29) is 0 Å². The Hall–Kier alpha value is -5.40. The van der Waals surface area contributed by atoms with E-state index in [9.17, 15) is 0 Å². The zero-order valence-corrected chi connectivity index (χ0v) is 22.5. The van der Waals surface area contributed by atoms with Crippen molar-refractivity contribution in [3.05, 3.63) is 164 Å². The molecule has 0 aliphatic carbocycles. The molecule has 0 unspecified atom stereocenters. The van der Waals surface area contributed by atoms with Crippen LogP contribution in [-0.2, 0) is 0 Å². The third-order valence-electron chi connectivity index (χ3n) is 8.19. The van der Waals surface area contributed by atoms with E-state index in [1.165, 1.54) is 54.2 Å². The van der Waals surface area contributed by atoms with Gasteiger partial charge in [0.1, 0.15) is 0 Å². The molecule has 1 nitrogen and oxygen atoms in total. The zero-order valence-electron chi connectivity index (χ0n) is 22.5. The van der Waals surface area contributed by atoms with Gasteiger partial charge in [-0.1, -0.05) is 121 Å². The van der Waals surface area contributed by atoms with E-state index in [0.717, 1.165) is 17.1 Å². The van der Waals surface area contributed by atoms with Crippen LogP contribution in [0.4, 0.5) is 17.1 Å². The van der Waals surface area contributed by atoms with Crippen LogP contribution in [0.3, 0.4) is 0 Å². The van der Waals surface area contributed by atoms with E-state index >= 15 is 0 Å². The lowest BCUT2D eigenvalue weighted by atomic mass is 9.91. The summed E-state index contributed by atoms with van der Waals surface area (Å²) in [7, 11) is 0. The number of fused-ring (bicyclic) bond motifs is 6. The molecule has 0 amide bonds. The van der Waals surface area contributed by atoms with Crippen molar-refractivity contribution in [2.24, 2.45) is 0 Å². The van der Waals surface area contributed by atoms with Gasteiger partial charge < -0.3 is 4.90 Å². The van der Waals surface area contributed by atoms with Gasteiger partial charge in [0, 0.05) is 17.1 Å². The van der Waals surface area contributed by atoms with Gasteiger partial charge in [-0.25, -0.2) is 0 Å². The van der Waals surface area contributed by atoms with Gasteiger partial charge in [0.05, 0.1) is 0 Å². The molecule has 1 heteroatoms. The van der Waals surface area contributed by atoms with E-state index in [1.54, 1.807) is 0 Å². The number of hydrogen-bond donors (Lipinski definition) is 0. The van der Waals surface area contributed by atoms with E-state index in [0.29, 0.717) is 0 Å². The van der Waals surface area contributed by atoms with Crippen LogP contribution in [0.2, 0.25) is 0 Å². The first-order valence-corrected chi connectivity index (χ1v) is 14.1. The lowest BCUT2D eigenvalue weighted by molar-refractivity contribution is 1.29. The average molecular weight is 522 g/mol. The molecule has 0 atom stereocenters. The summed E-state index contributed by atoms with van der Waals surface area (Å²) in [6, 6.07) is 59.2. The Morgan fingerprint density at radius 2 is 0.878 bits per heavy atom. The van der Waals surface area contributed by atoms with Crippen molar-refractivity contribution in [2.45, 2.75) is 0 Å². The molecule has 192 valence electrons. The standard InChI is InChI=1S/C40H27N/c1-2-13-33(14-3-1)41(35-25-20-28-10-4-5-12-31(28)26-35)34-23-21-30(22-24-34)39-27-32-19-18-29-11-6-7-15-36(29)40(32)38-17-9-8-16-37(38)39/h1-27H. The first-order chi connectivity index (χ1) is 20.3. The number of rotatable bonds is 4. The summed E-state index contributed by atoms with van der Waals surface area (Å²) in [5.41, 5.74) is 5.88. The molecule has 0 N–H and O–H groups in total. The van der Waals surface area contributed by atoms with Crippen molar-refractivity contribution in [3.63, 3.8) is 0 Å². The van der Waals surface area contributed by atoms with Crippen LogP contribution in [0.25, 0.3) is 54.2 Å². The maximum atomic E-state index is 2.36. The Bertz CT molecular complexity index is 2190. The summed E-state index contributed by atoms with van der Waals surface area (Å²) in [6.45, 7) is 0. The third-order valence-corrected chi connectivity index (χ3v) is 8.19. The van der Waals surface area contributed by atoms with Gasteiger partial charge in [-0.2, -0.15) is 0 Å². The van der Waals surface area contributed by atoms with Gasteiger partial charge in [-0.3, -0.25) is 0 Å². The highest BCUT2D eigenvalue weighted by Gasteiger charge is 2.15. The number of para-hydroxylation sites is 1. The van der Waals surface area contributed by atoms with Crippen molar-refractivity contribution < 1.29 is 0 Å². The van der Waals surface area contributed by atoms with Crippen molar-refractivity contribution in [1.82, 2.24) is 0 Å². The minimum Gasteiger partial charge on any atom is -0.310 e. The SMILES string of the molecule is c1ccc(N(c2ccc(-c3cc4ccc5ccccc5c4c4ccccc34)cc2)c2ccc3ccccc3c2)cc1. The molecule has 0 bridgehead atoms. The van der Waals surface area contributed by atoms with E-state index in [1.807, 2.05) is 0 Å². The zero-order chi connectivity index (χ0) is 27.2. The lowest BCUT2D eigenvalue weighted by Gasteiger charge is -2.26. The molecule has 0 heterocycles. The van der Waals surface area contributed by atoms with Gasteiger partial charge in [-0.15, -0.1) is 0 Å². The summed E-state index contributed by atoms with van der Waals surface area (Å²) >= 11 is 0. The molecule has 41 heavy (non-hydrogen) atoms. The second-order valence-corrected chi connectivity index (χ2v) is 10.6. The average Bonchev–Trinajstić information content (AvgIpc) is 3.05. The van der Waals surface area contributed by atoms with E-state index in [4.69, 9.17) is 0 Å². The molecule has 8 rings (SSSR count). The molecule has 8 aromatic rings. The predicted octanol–water partition coefficient (Wildman–Crippen LogP) is 11.4. The van der Waals surface area contributed by atoms with Crippen LogP contribution in [0.15, 0.2) is 164 Å². The quantitative estimate of drug-likeness (QED) is 0.208. The molecule has 0 spiro atoms. The minimum absolute atomic E-state index is 1.13. The molecule has 0 aliphatic heterocycles. The first kappa shape index (κ1) is 23.5. The summed E-state index contributed by atoms with van der Waals surface area (Å²) in [5, 5.41) is 10.2. The Balaban J connectivity index is 1.28. The molecule has 0 fully saturated rings. The van der Waals surface area contributed by atoms with E-state index in [2.05, 4.69) is 169 Å². The molecule has 8 aromatic carbocycles. The Morgan fingerprint density at radius 3 is 1.68 bits per heavy atom. The molecule has 0 radical (unpaired) electrons. The fourth-order valence-corrected chi connectivity index (χ4v) is 6.25. The second kappa shape index (κ2) is 9.66. The molecular weight excluding hydrogens is 494 g/mol. The normalized spacial score (nSPS) is 11.4. The van der Waals surface area contributed by atoms with Gasteiger partial charge in [0.15, 0.2) is 0 Å². The lowest BCUT2D eigenvalue weighted by Crippen LogP contribution is -2.09. The highest BCUT2D eigenvalue weighted by molar-refractivity contribution is 6.23. The van der Waals surface area contributed by atoms with Crippen LogP contribution >= 0.6 is 0 Å². The summed E-state index contributed by atoms with van der Waals surface area (Å²) in [5.74, 6) is 0. The van der Waals surface area contributed by atoms with Gasteiger partial charge in [0.25, 0.3) is 0 Å². The fourth-order valence-electron chi connectivity index (χ4n) is 6.25. The van der Waals surface area contributed by atoms with Crippen LogP contribution in [-0.4, -0.2) is 0 Å². The number of hydrogen-bond acceptors (Lipinski definition) is 1. The summed E-state index contributed by atoms with van der Waals surface area (Å²) < 4.78 is 0. The highest BCUT2D eigenvalue weighted by Crippen LogP contribution is 2.40. The largest absolute Gasteiger partial charge is 0.310 e. The van der Waals surface area contributed by atoms with Crippen LogP contribution in [0.5, 0.6) is 0 Å². The van der Waals surface area contributed by atoms with E-state index < -0.39 is 0 Å². The molecule has 0 aromatic heterocycles. The number of anilines is 3. The van der Waals surface area contributed by atoms with Crippen molar-refractivity contribution >= 4 is 60.2 Å². The fraction of sp³-hybridized carbons (Fsp3) is 0. The van der Waals surface area contributed by atoms with Gasteiger partial charge >= 0.3 is 0 Å². The minimum atomic E-state index is 1.13. The molecule has 0 saturated heterocycles. The maximum Gasteiger partial charge on any atom is 0.0468 e. The monoisotopic (exact) mass is 521 g/mol. The van der Waals surface area contributed by atoms with Gasteiger partial charge in [0.2, 0.25) is 0 Å². The second-order valence-electron chi connectivity index (χ2n) is 10.6. The summed E-state index contributed by atoms with van der Waals surface area (Å²) in [6.07, 6.45) is 0. The molecule has 0 aliphatic rings. The third kappa shape index (κ3) is 4.02. The topological polar surface area (TPSA) is 3.24 Å².